The van der Waals surface area contributed by atoms with Crippen molar-refractivity contribution in [2.45, 2.75) is 19.0 Å². The summed E-state index contributed by atoms with van der Waals surface area (Å²) in [6, 6.07) is 19.2. The Hall–Kier alpha value is -4.53. The molecule has 1 saturated heterocycles. The molecule has 1 atom stereocenters. The summed E-state index contributed by atoms with van der Waals surface area (Å²) in [4.78, 5) is 42.3. The normalized spacial score (nSPS) is 15.0. The Morgan fingerprint density at radius 1 is 0.833 bits per heavy atom. The highest BCUT2D eigenvalue weighted by Gasteiger charge is 2.44. The minimum Gasteiger partial charge on any atom is -0.497 e. The first-order valence-electron chi connectivity index (χ1n) is 11.3. The van der Waals surface area contributed by atoms with Gasteiger partial charge in [0.1, 0.15) is 23.3 Å². The van der Waals surface area contributed by atoms with E-state index in [1.807, 2.05) is 12.1 Å². The first-order valence-corrected chi connectivity index (χ1v) is 11.3. The van der Waals surface area contributed by atoms with Gasteiger partial charge in [0.2, 0.25) is 5.91 Å². The van der Waals surface area contributed by atoms with Gasteiger partial charge in [-0.25, -0.2) is 9.69 Å². The molecule has 0 bridgehead atoms. The van der Waals surface area contributed by atoms with Crippen LogP contribution in [0.15, 0.2) is 72.8 Å². The molecule has 0 spiro atoms. The monoisotopic (exact) mass is 489 g/mol. The van der Waals surface area contributed by atoms with Crippen molar-refractivity contribution in [2.24, 2.45) is 0 Å². The number of rotatable bonds is 8. The van der Waals surface area contributed by atoms with Gasteiger partial charge in [0.25, 0.3) is 5.91 Å². The predicted molar refractivity (Wildman–Crippen MR) is 134 cm³/mol. The van der Waals surface area contributed by atoms with Crippen LogP contribution in [0.2, 0.25) is 0 Å². The number of urea groups is 1. The van der Waals surface area contributed by atoms with E-state index < -0.39 is 18.0 Å². The molecule has 3 aromatic carbocycles. The van der Waals surface area contributed by atoms with Gasteiger partial charge < -0.3 is 24.4 Å². The van der Waals surface area contributed by atoms with Crippen LogP contribution in [0, 0.1) is 0 Å². The van der Waals surface area contributed by atoms with Crippen molar-refractivity contribution in [3.8, 4) is 17.2 Å². The molecule has 1 N–H and O–H groups in total. The number of nitrogens with zero attached hydrogens (tertiary/aromatic N) is 2. The molecule has 4 rings (SSSR count). The van der Waals surface area contributed by atoms with Crippen LogP contribution >= 0.6 is 0 Å². The van der Waals surface area contributed by atoms with Crippen LogP contribution in [0.1, 0.15) is 12.0 Å². The summed E-state index contributed by atoms with van der Waals surface area (Å²) in [6.45, 7) is 0.117. The number of hydrogen-bond acceptors (Lipinski definition) is 6. The van der Waals surface area contributed by atoms with Crippen LogP contribution in [0.5, 0.6) is 17.2 Å². The van der Waals surface area contributed by atoms with Gasteiger partial charge in [0.15, 0.2) is 0 Å². The minimum absolute atomic E-state index is 0.117. The second kappa shape index (κ2) is 10.8. The Balaban J connectivity index is 1.61. The molecule has 1 heterocycles. The Bertz CT molecular complexity index is 1230. The maximum absolute atomic E-state index is 13.5. The zero-order valence-corrected chi connectivity index (χ0v) is 20.3. The number of carbonyl (C=O) groups excluding carboxylic acids is 3. The van der Waals surface area contributed by atoms with Crippen LogP contribution in [-0.2, 0) is 16.1 Å². The second-order valence-electron chi connectivity index (χ2n) is 8.12. The first kappa shape index (κ1) is 24.6. The van der Waals surface area contributed by atoms with Crippen molar-refractivity contribution in [1.29, 1.82) is 0 Å². The number of anilines is 2. The van der Waals surface area contributed by atoms with E-state index in [4.69, 9.17) is 14.2 Å². The van der Waals surface area contributed by atoms with Crippen molar-refractivity contribution >= 4 is 29.2 Å². The van der Waals surface area contributed by atoms with Crippen molar-refractivity contribution in [1.82, 2.24) is 4.90 Å². The fraction of sp³-hybridized carbons (Fsp3) is 0.222. The maximum Gasteiger partial charge on any atom is 0.322 e. The van der Waals surface area contributed by atoms with Crippen molar-refractivity contribution < 1.29 is 28.6 Å². The fourth-order valence-electron chi connectivity index (χ4n) is 3.98. The fourth-order valence-corrected chi connectivity index (χ4v) is 3.98. The molecular formula is C27H27N3O6. The summed E-state index contributed by atoms with van der Waals surface area (Å²) in [5.41, 5.74) is 1.74. The highest BCUT2D eigenvalue weighted by molar-refractivity contribution is 6.23. The quantitative estimate of drug-likeness (QED) is 0.479. The Labute approximate surface area is 209 Å². The molecule has 36 heavy (non-hydrogen) atoms. The van der Waals surface area contributed by atoms with Gasteiger partial charge in [0.05, 0.1) is 33.4 Å². The molecule has 186 valence electrons. The van der Waals surface area contributed by atoms with E-state index in [1.165, 1.54) is 12.0 Å². The summed E-state index contributed by atoms with van der Waals surface area (Å²) in [5.74, 6) is 1.07. The lowest BCUT2D eigenvalue weighted by Gasteiger charge is -2.28. The van der Waals surface area contributed by atoms with Crippen LogP contribution in [0.3, 0.4) is 0 Å². The van der Waals surface area contributed by atoms with Crippen LogP contribution < -0.4 is 24.4 Å². The van der Waals surface area contributed by atoms with Crippen LogP contribution in [0.25, 0.3) is 0 Å². The van der Waals surface area contributed by atoms with Crippen LogP contribution in [-0.4, -0.2) is 50.1 Å². The third-order valence-electron chi connectivity index (χ3n) is 5.94. The number of nitrogens with one attached hydrogen (secondary N) is 1. The first-order chi connectivity index (χ1) is 17.4. The van der Waals surface area contributed by atoms with Gasteiger partial charge >= 0.3 is 6.03 Å². The average Bonchev–Trinajstić information content (AvgIpc) is 3.21. The highest BCUT2D eigenvalue weighted by atomic mass is 16.5. The molecular weight excluding hydrogens is 462 g/mol. The summed E-state index contributed by atoms with van der Waals surface area (Å²) in [7, 11) is 4.66. The lowest BCUT2D eigenvalue weighted by Crippen LogP contribution is -2.46. The third kappa shape index (κ3) is 5.25. The molecule has 1 fully saturated rings. The van der Waals surface area contributed by atoms with Gasteiger partial charge in [-0.05, 0) is 66.2 Å². The molecule has 0 saturated carbocycles. The summed E-state index contributed by atoms with van der Waals surface area (Å²) in [6.07, 6.45) is -0.128. The van der Waals surface area contributed by atoms with E-state index in [0.717, 1.165) is 10.5 Å². The molecule has 9 heteroatoms. The standard InChI is InChI=1S/C27H27N3O6/c1-34-21-10-4-18(5-11-21)17-29(27(33)28-19-6-12-22(35-2)13-7-19)24-16-25(31)30(26(24)32)20-8-14-23(36-3)15-9-20/h4-15,24H,16-17H2,1-3H3,(H,28,33)/t24-/m0/s1. The molecule has 1 aliphatic rings. The van der Waals surface area contributed by atoms with Crippen molar-refractivity contribution in [2.75, 3.05) is 31.5 Å². The Morgan fingerprint density at radius 2 is 1.33 bits per heavy atom. The minimum atomic E-state index is -0.972. The van der Waals surface area contributed by atoms with Gasteiger partial charge in [-0.2, -0.15) is 0 Å². The lowest BCUT2D eigenvalue weighted by molar-refractivity contribution is -0.122. The molecule has 0 aromatic heterocycles. The average molecular weight is 490 g/mol. The lowest BCUT2D eigenvalue weighted by atomic mass is 10.1. The topological polar surface area (TPSA) is 97.4 Å². The number of imide groups is 1. The summed E-state index contributed by atoms with van der Waals surface area (Å²) < 4.78 is 15.5. The molecule has 4 amide bonds. The van der Waals surface area contributed by atoms with E-state index in [1.54, 1.807) is 74.9 Å². The Kier molecular flexibility index (Phi) is 7.39. The summed E-state index contributed by atoms with van der Waals surface area (Å²) in [5, 5.41) is 2.83. The zero-order chi connectivity index (χ0) is 25.7. The van der Waals surface area contributed by atoms with Gasteiger partial charge in [-0.1, -0.05) is 12.1 Å². The number of methoxy groups -OCH3 is 3. The second-order valence-corrected chi connectivity index (χ2v) is 8.12. The largest absolute Gasteiger partial charge is 0.497 e. The van der Waals surface area contributed by atoms with Crippen LogP contribution in [0.4, 0.5) is 16.2 Å². The van der Waals surface area contributed by atoms with E-state index >= 15 is 0 Å². The van der Waals surface area contributed by atoms with Crippen molar-refractivity contribution in [3.05, 3.63) is 78.4 Å². The smallest absolute Gasteiger partial charge is 0.322 e. The number of benzene rings is 3. The molecule has 9 nitrogen and oxygen atoms in total. The van der Waals surface area contributed by atoms with Gasteiger partial charge in [-0.15, -0.1) is 0 Å². The van der Waals surface area contributed by atoms with E-state index in [-0.39, 0.29) is 18.9 Å². The van der Waals surface area contributed by atoms with Gasteiger partial charge in [0, 0.05) is 12.2 Å². The predicted octanol–water partition coefficient (Wildman–Crippen LogP) is 4.08. The van der Waals surface area contributed by atoms with Gasteiger partial charge in [-0.3, -0.25) is 9.59 Å². The SMILES string of the molecule is COc1ccc(CN(C(=O)Nc2ccc(OC)cc2)[C@H]2CC(=O)N(c3ccc(OC)cc3)C2=O)cc1. The van der Waals surface area contributed by atoms with E-state index in [2.05, 4.69) is 5.32 Å². The number of ether oxygens (including phenoxy) is 3. The zero-order valence-electron chi connectivity index (χ0n) is 20.3. The number of carbonyl (C=O) groups is 3. The van der Waals surface area contributed by atoms with E-state index in [0.29, 0.717) is 28.6 Å². The molecule has 1 aliphatic heterocycles. The Morgan fingerprint density at radius 3 is 1.86 bits per heavy atom. The molecule has 0 radical (unpaired) electrons. The third-order valence-corrected chi connectivity index (χ3v) is 5.94. The maximum atomic E-state index is 13.5. The number of amides is 4. The van der Waals surface area contributed by atoms with E-state index in [9.17, 15) is 14.4 Å². The number of hydrogen-bond donors (Lipinski definition) is 1. The van der Waals surface area contributed by atoms with Crippen molar-refractivity contribution in [3.63, 3.8) is 0 Å². The molecule has 0 aliphatic carbocycles. The molecule has 0 unspecified atom stereocenters. The molecule has 3 aromatic rings. The highest BCUT2D eigenvalue weighted by Crippen LogP contribution is 2.29. The summed E-state index contributed by atoms with van der Waals surface area (Å²) >= 11 is 0.